The third-order valence-electron chi connectivity index (χ3n) is 1.89. The monoisotopic (exact) mass is 197 g/mol. The number of nitrogens with one attached hydrogen (secondary N) is 1. The first kappa shape index (κ1) is 7.54. The van der Waals surface area contributed by atoms with Crippen LogP contribution >= 0.6 is 0 Å². The molecule has 0 bridgehead atoms. The predicted octanol–water partition coefficient (Wildman–Crippen LogP) is 1.68. The standard InChI is InChI=1S/C8H3F2N2O2/c9-8(10)13-6-1-4-5(12-3-11-4)2-7(6)14-8/h1-2H,(H,11,12). The van der Waals surface area contributed by atoms with Gasteiger partial charge in [-0.15, -0.1) is 8.78 Å². The van der Waals surface area contributed by atoms with Crippen molar-refractivity contribution in [1.29, 1.82) is 0 Å². The van der Waals surface area contributed by atoms with Gasteiger partial charge in [-0.25, -0.2) is 4.98 Å². The first-order valence-electron chi connectivity index (χ1n) is 3.80. The summed E-state index contributed by atoms with van der Waals surface area (Å²) in [6.07, 6.45) is -1.09. The molecule has 3 rings (SSSR count). The van der Waals surface area contributed by atoms with Crippen LogP contribution in [-0.4, -0.2) is 16.3 Å². The van der Waals surface area contributed by atoms with Gasteiger partial charge in [-0.1, -0.05) is 0 Å². The summed E-state index contributed by atoms with van der Waals surface area (Å²) >= 11 is 0. The van der Waals surface area contributed by atoms with Crippen LogP contribution in [0.4, 0.5) is 8.78 Å². The van der Waals surface area contributed by atoms with Crippen LogP contribution < -0.4 is 9.47 Å². The van der Waals surface area contributed by atoms with Crippen molar-refractivity contribution in [2.24, 2.45) is 0 Å². The summed E-state index contributed by atoms with van der Waals surface area (Å²) < 4.78 is 33.7. The Bertz CT molecular complexity index is 467. The first-order valence-corrected chi connectivity index (χ1v) is 3.80. The van der Waals surface area contributed by atoms with Crippen molar-refractivity contribution in [3.8, 4) is 11.5 Å². The average molecular weight is 197 g/mol. The minimum atomic E-state index is -3.58. The van der Waals surface area contributed by atoms with Crippen LogP contribution in [0.15, 0.2) is 12.1 Å². The molecule has 0 saturated carbocycles. The second-order valence-corrected chi connectivity index (χ2v) is 2.83. The Morgan fingerprint density at radius 1 is 1.29 bits per heavy atom. The quantitative estimate of drug-likeness (QED) is 0.698. The van der Waals surface area contributed by atoms with Gasteiger partial charge in [0.1, 0.15) is 0 Å². The van der Waals surface area contributed by atoms with Gasteiger partial charge in [-0.2, -0.15) is 0 Å². The Labute approximate surface area is 76.5 Å². The Kier molecular flexibility index (Phi) is 1.16. The molecule has 1 aliphatic rings. The number of imidazole rings is 1. The maximum atomic E-state index is 12.6. The number of alkyl halides is 2. The highest BCUT2D eigenvalue weighted by Crippen LogP contribution is 2.42. The molecule has 4 nitrogen and oxygen atoms in total. The fourth-order valence-corrected chi connectivity index (χ4v) is 1.33. The molecule has 2 aromatic rings. The largest absolute Gasteiger partial charge is 0.586 e. The number of nitrogens with zero attached hydrogens (tertiary/aromatic N) is 1. The van der Waals surface area contributed by atoms with E-state index < -0.39 is 6.29 Å². The Morgan fingerprint density at radius 3 is 2.79 bits per heavy atom. The van der Waals surface area contributed by atoms with Crippen molar-refractivity contribution in [3.63, 3.8) is 0 Å². The van der Waals surface area contributed by atoms with Crippen LogP contribution in [0.3, 0.4) is 0 Å². The predicted molar refractivity (Wildman–Crippen MR) is 41.1 cm³/mol. The number of aromatic amines is 1. The van der Waals surface area contributed by atoms with Gasteiger partial charge >= 0.3 is 6.29 Å². The maximum Gasteiger partial charge on any atom is 0.586 e. The molecule has 71 valence electrons. The molecule has 0 fully saturated rings. The SMILES string of the molecule is FC1(F)Oc2cc3n[c][nH]c3cc2O1. The summed E-state index contributed by atoms with van der Waals surface area (Å²) in [5.41, 5.74) is 1.08. The number of benzene rings is 1. The number of aromatic nitrogens is 2. The van der Waals surface area contributed by atoms with Crippen LogP contribution in [0.1, 0.15) is 0 Å². The Morgan fingerprint density at radius 2 is 2.00 bits per heavy atom. The van der Waals surface area contributed by atoms with Crippen molar-refractivity contribution in [2.45, 2.75) is 6.29 Å². The van der Waals surface area contributed by atoms with Gasteiger partial charge < -0.3 is 14.5 Å². The first-order chi connectivity index (χ1) is 6.64. The molecule has 0 aliphatic carbocycles. The van der Waals surface area contributed by atoms with E-state index in [2.05, 4.69) is 25.8 Å². The summed E-state index contributed by atoms with van der Waals surface area (Å²) in [6.45, 7) is 0. The van der Waals surface area contributed by atoms with E-state index in [-0.39, 0.29) is 11.5 Å². The molecular weight excluding hydrogens is 194 g/mol. The van der Waals surface area contributed by atoms with Gasteiger partial charge in [0, 0.05) is 12.1 Å². The van der Waals surface area contributed by atoms with E-state index in [9.17, 15) is 8.78 Å². The third-order valence-corrected chi connectivity index (χ3v) is 1.89. The van der Waals surface area contributed by atoms with Gasteiger partial charge in [-0.05, 0) is 0 Å². The summed E-state index contributed by atoms with van der Waals surface area (Å²) in [5, 5.41) is 0. The number of H-pyrrole nitrogens is 1. The fraction of sp³-hybridized carbons (Fsp3) is 0.125. The van der Waals surface area contributed by atoms with E-state index in [0.29, 0.717) is 11.0 Å². The molecule has 0 spiro atoms. The highest BCUT2D eigenvalue weighted by molar-refractivity contribution is 5.79. The molecule has 6 heteroatoms. The van der Waals surface area contributed by atoms with Crippen LogP contribution in [0.2, 0.25) is 0 Å². The summed E-state index contributed by atoms with van der Waals surface area (Å²) in [7, 11) is 0. The van der Waals surface area contributed by atoms with Crippen LogP contribution in [-0.2, 0) is 0 Å². The highest BCUT2D eigenvalue weighted by Gasteiger charge is 2.43. The molecule has 1 aliphatic heterocycles. The minimum Gasteiger partial charge on any atom is -0.395 e. The van der Waals surface area contributed by atoms with Crippen molar-refractivity contribution in [3.05, 3.63) is 18.5 Å². The van der Waals surface area contributed by atoms with Crippen molar-refractivity contribution in [1.82, 2.24) is 9.97 Å². The fourth-order valence-electron chi connectivity index (χ4n) is 1.33. The molecular formula is C8H3F2N2O2. The van der Waals surface area contributed by atoms with E-state index in [1.807, 2.05) is 0 Å². The Balaban J connectivity index is 2.22. The second kappa shape index (κ2) is 2.14. The second-order valence-electron chi connectivity index (χ2n) is 2.83. The molecule has 0 amide bonds. The van der Waals surface area contributed by atoms with Crippen molar-refractivity contribution < 1.29 is 18.3 Å². The minimum absolute atomic E-state index is 0.000139. The van der Waals surface area contributed by atoms with Crippen LogP contribution in [0, 0.1) is 6.33 Å². The molecule has 1 N–H and O–H groups in total. The summed E-state index contributed by atoms with van der Waals surface area (Å²) in [4.78, 5) is 6.44. The van der Waals surface area contributed by atoms with Crippen LogP contribution in [0.5, 0.6) is 11.5 Å². The third kappa shape index (κ3) is 0.935. The lowest BCUT2D eigenvalue weighted by molar-refractivity contribution is -0.286. The lowest BCUT2D eigenvalue weighted by Gasteiger charge is -2.04. The average Bonchev–Trinajstić information content (AvgIpc) is 2.59. The van der Waals surface area contributed by atoms with Crippen molar-refractivity contribution >= 4 is 11.0 Å². The molecule has 0 saturated heterocycles. The van der Waals surface area contributed by atoms with Crippen LogP contribution in [0.25, 0.3) is 11.0 Å². The number of ether oxygens (including phenoxy) is 2. The summed E-state index contributed by atoms with van der Waals surface area (Å²) in [5.74, 6) is -0.0110. The lowest BCUT2D eigenvalue weighted by atomic mass is 10.3. The van der Waals surface area contributed by atoms with Gasteiger partial charge in [-0.3, -0.25) is 0 Å². The topological polar surface area (TPSA) is 47.1 Å². The van der Waals surface area contributed by atoms with Gasteiger partial charge in [0.2, 0.25) is 0 Å². The zero-order chi connectivity index (χ0) is 9.76. The molecule has 2 heterocycles. The lowest BCUT2D eigenvalue weighted by Crippen LogP contribution is -2.25. The normalized spacial score (nSPS) is 17.6. The Hall–Kier alpha value is -1.85. The van der Waals surface area contributed by atoms with Gasteiger partial charge in [0.15, 0.2) is 17.8 Å². The number of fused-ring (bicyclic) bond motifs is 2. The maximum absolute atomic E-state index is 12.6. The molecule has 0 atom stereocenters. The smallest absolute Gasteiger partial charge is 0.395 e. The van der Waals surface area contributed by atoms with E-state index in [1.54, 1.807) is 0 Å². The molecule has 1 radical (unpaired) electrons. The zero-order valence-electron chi connectivity index (χ0n) is 6.67. The number of hydrogen-bond acceptors (Lipinski definition) is 3. The number of rotatable bonds is 0. The molecule has 14 heavy (non-hydrogen) atoms. The van der Waals surface area contributed by atoms with E-state index >= 15 is 0 Å². The van der Waals surface area contributed by atoms with Gasteiger partial charge in [0.25, 0.3) is 0 Å². The molecule has 1 aromatic carbocycles. The van der Waals surface area contributed by atoms with E-state index in [4.69, 9.17) is 0 Å². The molecule has 1 aromatic heterocycles. The zero-order valence-corrected chi connectivity index (χ0v) is 6.67. The van der Waals surface area contributed by atoms with E-state index in [1.165, 1.54) is 12.1 Å². The number of halogens is 2. The molecule has 0 unspecified atom stereocenters. The van der Waals surface area contributed by atoms with Gasteiger partial charge in [0.05, 0.1) is 11.0 Å². The summed E-state index contributed by atoms with van der Waals surface area (Å²) in [6, 6.07) is 2.77. The highest BCUT2D eigenvalue weighted by atomic mass is 19.3. The van der Waals surface area contributed by atoms with Crippen molar-refractivity contribution in [2.75, 3.05) is 0 Å². The number of hydrogen-bond donors (Lipinski definition) is 1. The van der Waals surface area contributed by atoms with E-state index in [0.717, 1.165) is 0 Å².